The van der Waals surface area contributed by atoms with E-state index in [0.29, 0.717) is 0 Å². The molecule has 0 aliphatic carbocycles. The molecule has 0 saturated carbocycles. The van der Waals surface area contributed by atoms with Crippen molar-refractivity contribution in [3.05, 3.63) is 47.8 Å². The van der Waals surface area contributed by atoms with Gasteiger partial charge in [0.25, 0.3) is 0 Å². The lowest BCUT2D eigenvalue weighted by atomic mass is 10.2. The first kappa shape index (κ1) is 13.3. The highest BCUT2D eigenvalue weighted by molar-refractivity contribution is 5.49. The summed E-state index contributed by atoms with van der Waals surface area (Å²) < 4.78 is 0. The summed E-state index contributed by atoms with van der Waals surface area (Å²) >= 11 is 0. The lowest BCUT2D eigenvalue weighted by Gasteiger charge is -2.19. The van der Waals surface area contributed by atoms with Gasteiger partial charge in [-0.25, -0.2) is 9.97 Å². The van der Waals surface area contributed by atoms with Crippen LogP contribution in [0.5, 0.6) is 0 Å². The second kappa shape index (κ2) is 6.18. The maximum atomic E-state index is 4.57. The molecular formula is C15H20N4. The minimum absolute atomic E-state index is 0.835. The quantitative estimate of drug-likeness (QED) is 0.893. The number of rotatable bonds is 5. The topological polar surface area (TPSA) is 41.1 Å². The van der Waals surface area contributed by atoms with Crippen molar-refractivity contribution in [2.45, 2.75) is 19.9 Å². The van der Waals surface area contributed by atoms with E-state index >= 15 is 0 Å². The molecule has 1 N–H and O–H groups in total. The second-order valence-electron chi connectivity index (χ2n) is 4.47. The highest BCUT2D eigenvalue weighted by Gasteiger charge is 2.07. The van der Waals surface area contributed by atoms with Crippen molar-refractivity contribution in [2.75, 3.05) is 24.3 Å². The van der Waals surface area contributed by atoms with E-state index in [4.69, 9.17) is 0 Å². The van der Waals surface area contributed by atoms with E-state index < -0.39 is 0 Å². The molecule has 0 radical (unpaired) electrons. The molecule has 19 heavy (non-hydrogen) atoms. The van der Waals surface area contributed by atoms with Crippen LogP contribution >= 0.6 is 0 Å². The summed E-state index contributed by atoms with van der Waals surface area (Å²) in [6.45, 7) is 2.90. The van der Waals surface area contributed by atoms with E-state index in [-0.39, 0.29) is 0 Å². The summed E-state index contributed by atoms with van der Waals surface area (Å²) in [5, 5.41) is 3.08. The molecule has 1 heterocycles. The molecule has 0 spiro atoms. The number of hydrogen-bond donors (Lipinski definition) is 1. The molecule has 100 valence electrons. The third-order valence-corrected chi connectivity index (χ3v) is 2.98. The Labute approximate surface area is 114 Å². The number of nitrogens with one attached hydrogen (secondary N) is 1. The minimum Gasteiger partial charge on any atom is -0.373 e. The zero-order valence-electron chi connectivity index (χ0n) is 11.7. The third-order valence-electron chi connectivity index (χ3n) is 2.98. The molecule has 0 fully saturated rings. The van der Waals surface area contributed by atoms with Gasteiger partial charge in [0.2, 0.25) is 0 Å². The number of anilines is 2. The number of aryl methyl sites for hydroxylation is 1. The molecule has 0 atom stereocenters. The largest absolute Gasteiger partial charge is 0.373 e. The van der Waals surface area contributed by atoms with Gasteiger partial charge < -0.3 is 10.2 Å². The Morgan fingerprint density at radius 3 is 2.53 bits per heavy atom. The molecule has 1 aromatic heterocycles. The zero-order valence-corrected chi connectivity index (χ0v) is 11.7. The van der Waals surface area contributed by atoms with E-state index in [9.17, 15) is 0 Å². The van der Waals surface area contributed by atoms with Gasteiger partial charge in [-0.1, -0.05) is 37.3 Å². The smallest absolute Gasteiger partial charge is 0.134 e. The maximum Gasteiger partial charge on any atom is 0.134 e. The fourth-order valence-corrected chi connectivity index (χ4v) is 1.90. The van der Waals surface area contributed by atoms with Gasteiger partial charge in [-0.3, -0.25) is 0 Å². The van der Waals surface area contributed by atoms with E-state index in [1.165, 1.54) is 5.56 Å². The third kappa shape index (κ3) is 3.44. The Balaban J connectivity index is 2.20. The average molecular weight is 256 g/mol. The molecule has 0 unspecified atom stereocenters. The molecule has 0 aliphatic heterocycles. The van der Waals surface area contributed by atoms with Gasteiger partial charge in [-0.15, -0.1) is 0 Å². The van der Waals surface area contributed by atoms with Crippen molar-refractivity contribution in [2.24, 2.45) is 0 Å². The first-order chi connectivity index (χ1) is 9.22. The molecular weight excluding hydrogens is 236 g/mol. The standard InChI is InChI=1S/C15H20N4/c1-4-13-17-14(16-2)10-15(18-13)19(3)11-12-8-6-5-7-9-12/h5-10H,4,11H2,1-3H3,(H,16,17,18). The Kier molecular flexibility index (Phi) is 4.34. The number of hydrogen-bond acceptors (Lipinski definition) is 4. The lowest BCUT2D eigenvalue weighted by molar-refractivity contribution is 0.860. The van der Waals surface area contributed by atoms with Gasteiger partial charge in [0, 0.05) is 33.1 Å². The molecule has 2 aromatic rings. The van der Waals surface area contributed by atoms with Crippen LogP contribution in [0.25, 0.3) is 0 Å². The van der Waals surface area contributed by atoms with Crippen LogP contribution in [-0.4, -0.2) is 24.1 Å². The Bertz CT molecular complexity index is 503. The Hall–Kier alpha value is -2.10. The van der Waals surface area contributed by atoms with Crippen molar-refractivity contribution in [1.29, 1.82) is 0 Å². The molecule has 0 bridgehead atoms. The van der Waals surface area contributed by atoms with Crippen LogP contribution in [0.15, 0.2) is 36.4 Å². The van der Waals surface area contributed by atoms with Crippen LogP contribution in [0.2, 0.25) is 0 Å². The Morgan fingerprint density at radius 1 is 1.16 bits per heavy atom. The van der Waals surface area contributed by atoms with Gasteiger partial charge >= 0.3 is 0 Å². The van der Waals surface area contributed by atoms with Crippen LogP contribution in [0, 0.1) is 0 Å². The van der Waals surface area contributed by atoms with Gasteiger partial charge in [-0.05, 0) is 5.56 Å². The van der Waals surface area contributed by atoms with E-state index in [1.807, 2.05) is 26.2 Å². The Morgan fingerprint density at radius 2 is 1.89 bits per heavy atom. The molecule has 4 nitrogen and oxygen atoms in total. The summed E-state index contributed by atoms with van der Waals surface area (Å²) in [6, 6.07) is 12.4. The first-order valence-electron chi connectivity index (χ1n) is 6.53. The fraction of sp³-hybridized carbons (Fsp3) is 0.333. The summed E-state index contributed by atoms with van der Waals surface area (Å²) in [6.07, 6.45) is 0.835. The number of benzene rings is 1. The molecule has 0 saturated heterocycles. The second-order valence-corrected chi connectivity index (χ2v) is 4.47. The predicted octanol–water partition coefficient (Wildman–Crippen LogP) is 2.72. The molecule has 0 amide bonds. The molecule has 1 aromatic carbocycles. The van der Waals surface area contributed by atoms with E-state index in [0.717, 1.165) is 30.4 Å². The monoisotopic (exact) mass is 256 g/mol. The first-order valence-corrected chi connectivity index (χ1v) is 6.53. The lowest BCUT2D eigenvalue weighted by Crippen LogP contribution is -2.19. The van der Waals surface area contributed by atoms with Crippen molar-refractivity contribution in [1.82, 2.24) is 9.97 Å². The number of nitrogens with zero attached hydrogens (tertiary/aromatic N) is 3. The highest BCUT2D eigenvalue weighted by Crippen LogP contribution is 2.17. The summed E-state index contributed by atoms with van der Waals surface area (Å²) in [5.41, 5.74) is 1.27. The molecule has 0 aliphatic rings. The summed E-state index contributed by atoms with van der Waals surface area (Å²) in [5.74, 6) is 2.67. The van der Waals surface area contributed by atoms with Crippen LogP contribution in [0.3, 0.4) is 0 Å². The normalized spacial score (nSPS) is 10.3. The number of aromatic nitrogens is 2. The maximum absolute atomic E-state index is 4.57. The highest BCUT2D eigenvalue weighted by atomic mass is 15.2. The van der Waals surface area contributed by atoms with Crippen LogP contribution < -0.4 is 10.2 Å². The zero-order chi connectivity index (χ0) is 13.7. The van der Waals surface area contributed by atoms with Crippen molar-refractivity contribution in [3.8, 4) is 0 Å². The SMILES string of the molecule is CCc1nc(NC)cc(N(C)Cc2ccccc2)n1. The van der Waals surface area contributed by atoms with Gasteiger partial charge in [-0.2, -0.15) is 0 Å². The van der Waals surface area contributed by atoms with Gasteiger partial charge in [0.1, 0.15) is 17.5 Å². The average Bonchev–Trinajstić information content (AvgIpc) is 2.47. The van der Waals surface area contributed by atoms with E-state index in [1.54, 1.807) is 0 Å². The van der Waals surface area contributed by atoms with Crippen molar-refractivity contribution < 1.29 is 0 Å². The van der Waals surface area contributed by atoms with Crippen LogP contribution in [-0.2, 0) is 13.0 Å². The molecule has 4 heteroatoms. The van der Waals surface area contributed by atoms with Crippen LogP contribution in [0.1, 0.15) is 18.3 Å². The van der Waals surface area contributed by atoms with Crippen molar-refractivity contribution >= 4 is 11.6 Å². The van der Waals surface area contributed by atoms with Gasteiger partial charge in [0.15, 0.2) is 0 Å². The van der Waals surface area contributed by atoms with E-state index in [2.05, 4.69) is 51.4 Å². The minimum atomic E-state index is 0.835. The predicted molar refractivity (Wildman–Crippen MR) is 79.5 cm³/mol. The van der Waals surface area contributed by atoms with Gasteiger partial charge in [0.05, 0.1) is 0 Å². The van der Waals surface area contributed by atoms with Crippen LogP contribution in [0.4, 0.5) is 11.6 Å². The van der Waals surface area contributed by atoms with Crippen molar-refractivity contribution in [3.63, 3.8) is 0 Å². The fourth-order valence-electron chi connectivity index (χ4n) is 1.90. The summed E-state index contributed by atoms with van der Waals surface area (Å²) in [7, 11) is 3.93. The molecule has 2 rings (SSSR count). The summed E-state index contributed by atoms with van der Waals surface area (Å²) in [4.78, 5) is 11.1.